The van der Waals surface area contributed by atoms with Crippen molar-refractivity contribution in [3.63, 3.8) is 0 Å². The Hall–Kier alpha value is -3.11. The van der Waals surface area contributed by atoms with Gasteiger partial charge in [0, 0.05) is 18.1 Å². The molecule has 1 aliphatic heterocycles. The van der Waals surface area contributed by atoms with Gasteiger partial charge in [-0.05, 0) is 73.4 Å². The van der Waals surface area contributed by atoms with Crippen LogP contribution in [0.15, 0.2) is 53.6 Å². The van der Waals surface area contributed by atoms with Crippen LogP contribution < -0.4 is 14.5 Å². The minimum atomic E-state index is -3.69. The van der Waals surface area contributed by atoms with Gasteiger partial charge in [-0.2, -0.15) is 5.10 Å². The quantitative estimate of drug-likeness (QED) is 0.415. The third kappa shape index (κ3) is 7.74. The fourth-order valence-electron chi connectivity index (χ4n) is 3.38. The number of carbonyl (C=O) groups is 2. The minimum Gasteiger partial charge on any atom is -0.484 e. The lowest BCUT2D eigenvalue weighted by Gasteiger charge is -2.26. The Morgan fingerprint density at radius 2 is 1.74 bits per heavy atom. The largest absolute Gasteiger partial charge is 0.484 e. The molecule has 0 aromatic heterocycles. The Morgan fingerprint density at radius 1 is 1.09 bits per heavy atom. The van der Waals surface area contributed by atoms with Gasteiger partial charge < -0.3 is 9.64 Å². The number of carbonyl (C=O) groups excluding carboxylic acids is 2. The molecule has 0 atom stereocenters. The average Bonchev–Trinajstić information content (AvgIpc) is 2.82. The van der Waals surface area contributed by atoms with E-state index < -0.39 is 22.5 Å². The van der Waals surface area contributed by atoms with E-state index in [0.717, 1.165) is 42.9 Å². The van der Waals surface area contributed by atoms with E-state index in [2.05, 4.69) is 10.5 Å². The van der Waals surface area contributed by atoms with E-state index in [-0.39, 0.29) is 12.5 Å². The second-order valence-corrected chi connectivity index (χ2v) is 10.2. The number of benzene rings is 2. The van der Waals surface area contributed by atoms with Gasteiger partial charge in [-0.3, -0.25) is 13.9 Å². The number of piperidine rings is 1. The monoisotopic (exact) mass is 506 g/mol. The second kappa shape index (κ2) is 11.8. The van der Waals surface area contributed by atoms with E-state index >= 15 is 0 Å². The molecule has 0 bridgehead atoms. The maximum absolute atomic E-state index is 12.3. The van der Waals surface area contributed by atoms with Gasteiger partial charge in [0.25, 0.3) is 11.8 Å². The van der Waals surface area contributed by atoms with Crippen LogP contribution in [0.3, 0.4) is 0 Å². The van der Waals surface area contributed by atoms with Gasteiger partial charge in [0.1, 0.15) is 12.3 Å². The zero-order chi connectivity index (χ0) is 24.6. The maximum Gasteiger partial charge on any atom is 0.260 e. The number of anilines is 1. The highest BCUT2D eigenvalue weighted by atomic mass is 35.5. The zero-order valence-corrected chi connectivity index (χ0v) is 20.4. The molecular weight excluding hydrogens is 480 g/mol. The lowest BCUT2D eigenvalue weighted by Crippen LogP contribution is -2.39. The van der Waals surface area contributed by atoms with Crippen molar-refractivity contribution in [1.82, 2.24) is 10.3 Å². The van der Waals surface area contributed by atoms with Gasteiger partial charge >= 0.3 is 0 Å². The number of ether oxygens (including phenoxy) is 1. The molecule has 1 fully saturated rings. The van der Waals surface area contributed by atoms with Gasteiger partial charge in [-0.1, -0.05) is 11.6 Å². The predicted molar refractivity (Wildman–Crippen MR) is 132 cm³/mol. The van der Waals surface area contributed by atoms with Crippen molar-refractivity contribution in [2.24, 2.45) is 5.10 Å². The molecule has 1 saturated heterocycles. The molecule has 2 amide bonds. The Morgan fingerprint density at radius 3 is 2.35 bits per heavy atom. The number of sulfonamides is 1. The highest BCUT2D eigenvalue weighted by Gasteiger charge is 2.20. The van der Waals surface area contributed by atoms with Crippen LogP contribution in [0.2, 0.25) is 5.02 Å². The number of nitrogens with zero attached hydrogens (tertiary/aromatic N) is 3. The van der Waals surface area contributed by atoms with Crippen molar-refractivity contribution in [2.45, 2.75) is 19.3 Å². The van der Waals surface area contributed by atoms with Gasteiger partial charge in [-0.15, -0.1) is 0 Å². The number of hydrazone groups is 1. The molecule has 9 nitrogen and oxygen atoms in total. The first kappa shape index (κ1) is 25.5. The number of halogens is 1. The highest BCUT2D eigenvalue weighted by Crippen LogP contribution is 2.20. The smallest absolute Gasteiger partial charge is 0.260 e. The average molecular weight is 507 g/mol. The van der Waals surface area contributed by atoms with Crippen LogP contribution >= 0.6 is 11.6 Å². The molecule has 0 aliphatic carbocycles. The van der Waals surface area contributed by atoms with Gasteiger partial charge in [-0.25, -0.2) is 13.8 Å². The van der Waals surface area contributed by atoms with Crippen molar-refractivity contribution >= 4 is 45.3 Å². The molecule has 1 aliphatic rings. The number of nitrogens with one attached hydrogen (secondary N) is 1. The van der Waals surface area contributed by atoms with E-state index in [1.54, 1.807) is 36.4 Å². The van der Waals surface area contributed by atoms with Crippen LogP contribution in [-0.2, 0) is 19.6 Å². The Bertz CT molecular complexity index is 1120. The van der Waals surface area contributed by atoms with Gasteiger partial charge in [0.05, 0.1) is 18.2 Å². The molecule has 34 heavy (non-hydrogen) atoms. The molecule has 0 unspecified atom stereocenters. The summed E-state index contributed by atoms with van der Waals surface area (Å²) in [5.41, 5.74) is 3.33. The minimum absolute atomic E-state index is 0.00600. The summed E-state index contributed by atoms with van der Waals surface area (Å²) in [5.74, 6) is -0.0686. The predicted octanol–water partition coefficient (Wildman–Crippen LogP) is 2.65. The third-order valence-corrected chi connectivity index (χ3v) is 6.55. The van der Waals surface area contributed by atoms with Gasteiger partial charge in [0.2, 0.25) is 10.0 Å². The van der Waals surface area contributed by atoms with Crippen molar-refractivity contribution in [1.29, 1.82) is 0 Å². The second-order valence-electron chi connectivity index (χ2n) is 7.84. The first-order valence-electron chi connectivity index (χ1n) is 10.8. The Kier molecular flexibility index (Phi) is 8.89. The summed E-state index contributed by atoms with van der Waals surface area (Å²) in [6.45, 7) is 1.12. The molecule has 2 aromatic rings. The van der Waals surface area contributed by atoms with Crippen LogP contribution in [-0.4, -0.2) is 63.8 Å². The third-order valence-electron chi connectivity index (χ3n) is 5.16. The lowest BCUT2D eigenvalue weighted by atomic mass is 10.1. The van der Waals surface area contributed by atoms with Crippen LogP contribution in [0.25, 0.3) is 0 Å². The molecule has 0 spiro atoms. The van der Waals surface area contributed by atoms with Gasteiger partial charge in [0.15, 0.2) is 6.61 Å². The maximum atomic E-state index is 12.3. The normalized spacial score (nSPS) is 14.1. The summed E-state index contributed by atoms with van der Waals surface area (Å²) in [7, 11) is -3.69. The van der Waals surface area contributed by atoms with E-state index in [4.69, 9.17) is 16.3 Å². The fourth-order valence-corrected chi connectivity index (χ4v) is 4.36. The van der Waals surface area contributed by atoms with Crippen LogP contribution in [0.5, 0.6) is 5.75 Å². The summed E-state index contributed by atoms with van der Waals surface area (Å²) in [5, 5.41) is 4.34. The molecule has 0 saturated carbocycles. The molecule has 0 radical (unpaired) electrons. The Balaban J connectivity index is 1.49. The molecule has 2 aromatic carbocycles. The molecule has 1 heterocycles. The molecule has 182 valence electrons. The van der Waals surface area contributed by atoms with E-state index in [9.17, 15) is 18.0 Å². The van der Waals surface area contributed by atoms with Crippen LogP contribution in [0.1, 0.15) is 24.8 Å². The zero-order valence-electron chi connectivity index (χ0n) is 18.8. The van der Waals surface area contributed by atoms with Crippen molar-refractivity contribution in [3.05, 3.63) is 59.1 Å². The van der Waals surface area contributed by atoms with Crippen molar-refractivity contribution in [2.75, 3.05) is 36.8 Å². The van der Waals surface area contributed by atoms with Crippen LogP contribution in [0, 0.1) is 0 Å². The summed E-state index contributed by atoms with van der Waals surface area (Å²) in [6, 6.07) is 13.0. The Labute approximate surface area is 204 Å². The fraction of sp³-hybridized carbons (Fsp3) is 0.348. The number of hydrogen-bond donors (Lipinski definition) is 1. The topological polar surface area (TPSA) is 108 Å². The van der Waals surface area contributed by atoms with Crippen LogP contribution in [0.4, 0.5) is 5.69 Å². The summed E-state index contributed by atoms with van der Waals surface area (Å²) >= 11 is 5.85. The molecule has 1 N–H and O–H groups in total. The molecular formula is C23H27ClN4O5S. The number of hydrogen-bond acceptors (Lipinski definition) is 6. The van der Waals surface area contributed by atoms with E-state index in [0.29, 0.717) is 22.0 Å². The molecule has 3 rings (SSSR count). The standard InChI is InChI=1S/C23H27ClN4O5S/c1-34(31,32)28(20-9-7-19(24)8-10-20)16-22(29)26-25-15-18-5-11-21(12-6-18)33-17-23(30)27-13-3-2-4-14-27/h5-12,15H,2-4,13-14,16-17H2,1H3,(H,26,29)/b25-15-. The number of likely N-dealkylation sites (tertiary alicyclic amines) is 1. The van der Waals surface area contributed by atoms with E-state index in [1.807, 2.05) is 4.90 Å². The summed E-state index contributed by atoms with van der Waals surface area (Å²) < 4.78 is 30.7. The van der Waals surface area contributed by atoms with Crippen molar-refractivity contribution < 1.29 is 22.7 Å². The first-order chi connectivity index (χ1) is 16.2. The SMILES string of the molecule is CS(=O)(=O)N(CC(=O)N/N=C\c1ccc(OCC(=O)N2CCCCC2)cc1)c1ccc(Cl)cc1. The number of amides is 2. The number of rotatable bonds is 9. The highest BCUT2D eigenvalue weighted by molar-refractivity contribution is 7.92. The summed E-state index contributed by atoms with van der Waals surface area (Å²) in [4.78, 5) is 26.3. The summed E-state index contributed by atoms with van der Waals surface area (Å²) in [6.07, 6.45) is 5.66. The van der Waals surface area contributed by atoms with E-state index in [1.165, 1.54) is 18.3 Å². The van der Waals surface area contributed by atoms with Crippen molar-refractivity contribution in [3.8, 4) is 5.75 Å². The lowest BCUT2D eigenvalue weighted by molar-refractivity contribution is -0.134. The first-order valence-corrected chi connectivity index (χ1v) is 13.0. The molecule has 11 heteroatoms.